The van der Waals surface area contributed by atoms with Crippen LogP contribution < -0.4 is 0 Å². The van der Waals surface area contributed by atoms with Gasteiger partial charge in [0.2, 0.25) is 0 Å². The van der Waals surface area contributed by atoms with Crippen molar-refractivity contribution in [2.75, 3.05) is 0 Å². The summed E-state index contributed by atoms with van der Waals surface area (Å²) in [4.78, 5) is 10.0. The highest BCUT2D eigenvalue weighted by Gasteiger charge is 1.99. The van der Waals surface area contributed by atoms with E-state index in [2.05, 4.69) is 4.74 Å². The van der Waals surface area contributed by atoms with Crippen LogP contribution in [-0.4, -0.2) is 12.1 Å². The largest absolute Gasteiger partial charge is 0.447 e. The van der Waals surface area contributed by atoms with Crippen LogP contribution in [0.4, 0.5) is 0 Å². The quantitative estimate of drug-likeness (QED) is 0.464. The molecule has 3 heteroatoms. The summed E-state index contributed by atoms with van der Waals surface area (Å²) < 4.78 is 4.40. The number of ether oxygens (including phenoxy) is 1. The van der Waals surface area contributed by atoms with Gasteiger partial charge in [-0.3, -0.25) is 4.79 Å². The monoisotopic (exact) mass is 113 g/mol. The van der Waals surface area contributed by atoms with Crippen LogP contribution in [0, 0.1) is 11.3 Å². The van der Waals surface area contributed by atoms with Crippen molar-refractivity contribution in [3.63, 3.8) is 0 Å². The number of carbonyl (C=O) groups is 1. The third kappa shape index (κ3) is 3.16. The summed E-state index contributed by atoms with van der Waals surface area (Å²) in [5.41, 5.74) is 0. The van der Waals surface area contributed by atoms with E-state index < -0.39 is 12.1 Å². The molecule has 0 saturated heterocycles. The van der Waals surface area contributed by atoms with Crippen LogP contribution in [0.5, 0.6) is 0 Å². The molecule has 0 rings (SSSR count). The zero-order valence-electron chi connectivity index (χ0n) is 4.84. The lowest BCUT2D eigenvalue weighted by molar-refractivity contribution is -0.143. The first-order chi connectivity index (χ1) is 3.66. The van der Waals surface area contributed by atoms with Crippen LogP contribution in [0.1, 0.15) is 13.8 Å². The highest BCUT2D eigenvalue weighted by Crippen LogP contribution is 1.86. The Hall–Kier alpha value is -1.04. The molecule has 0 aliphatic heterocycles. The molecule has 0 bridgehead atoms. The van der Waals surface area contributed by atoms with E-state index in [1.54, 1.807) is 6.07 Å². The third-order valence-corrected chi connectivity index (χ3v) is 0.525. The van der Waals surface area contributed by atoms with Gasteiger partial charge in [-0.05, 0) is 6.92 Å². The van der Waals surface area contributed by atoms with Crippen molar-refractivity contribution in [3.05, 3.63) is 0 Å². The van der Waals surface area contributed by atoms with E-state index in [1.165, 1.54) is 13.8 Å². The maximum Gasteiger partial charge on any atom is 0.303 e. The molecule has 0 aromatic rings. The number of rotatable bonds is 1. The molecule has 0 saturated carbocycles. The first-order valence-corrected chi connectivity index (χ1v) is 2.23. The summed E-state index contributed by atoms with van der Waals surface area (Å²) in [5.74, 6) is -0.418. The van der Waals surface area contributed by atoms with Crippen LogP contribution in [0.3, 0.4) is 0 Å². The summed E-state index contributed by atoms with van der Waals surface area (Å²) in [6.07, 6.45) is -0.618. The minimum absolute atomic E-state index is 0.418. The normalized spacial score (nSPS) is 11.6. The molecule has 0 amide bonds. The molecule has 8 heavy (non-hydrogen) atoms. The molecule has 44 valence electrons. The minimum Gasteiger partial charge on any atom is -0.447 e. The molecule has 0 fully saturated rings. The van der Waals surface area contributed by atoms with Crippen LogP contribution in [-0.2, 0) is 9.53 Å². The summed E-state index contributed by atoms with van der Waals surface area (Å²) in [7, 11) is 0. The number of carbonyl (C=O) groups excluding carboxylic acids is 1. The van der Waals surface area contributed by atoms with Gasteiger partial charge in [0.25, 0.3) is 0 Å². The number of esters is 1. The van der Waals surface area contributed by atoms with Crippen LogP contribution >= 0.6 is 0 Å². The number of nitrogens with zero attached hydrogens (tertiary/aromatic N) is 1. The number of hydrogen-bond acceptors (Lipinski definition) is 3. The van der Waals surface area contributed by atoms with Gasteiger partial charge in [-0.2, -0.15) is 5.26 Å². The summed E-state index contributed by atoms with van der Waals surface area (Å²) >= 11 is 0. The topological polar surface area (TPSA) is 50.1 Å². The van der Waals surface area contributed by atoms with Crippen molar-refractivity contribution in [3.8, 4) is 6.07 Å². The molecule has 0 aliphatic carbocycles. The Morgan fingerprint density at radius 2 is 2.38 bits per heavy atom. The van der Waals surface area contributed by atoms with Gasteiger partial charge in [-0.15, -0.1) is 0 Å². The molecular weight excluding hydrogens is 106 g/mol. The summed E-state index contributed by atoms with van der Waals surface area (Å²) in [5, 5.41) is 8.06. The van der Waals surface area contributed by atoms with Crippen LogP contribution in [0.15, 0.2) is 0 Å². The molecule has 0 spiro atoms. The number of hydrogen-bond donors (Lipinski definition) is 0. The van der Waals surface area contributed by atoms with Gasteiger partial charge >= 0.3 is 5.97 Å². The van der Waals surface area contributed by atoms with Gasteiger partial charge in [0.15, 0.2) is 6.10 Å². The van der Waals surface area contributed by atoms with Crippen molar-refractivity contribution in [2.45, 2.75) is 20.0 Å². The standard InChI is InChI=1S/C5H7NO2/c1-4(3-6)8-5(2)7/h4H,1-2H3. The fourth-order valence-corrected chi connectivity index (χ4v) is 0.275. The first kappa shape index (κ1) is 6.96. The molecule has 0 radical (unpaired) electrons. The average molecular weight is 113 g/mol. The summed E-state index contributed by atoms with van der Waals surface area (Å²) in [6, 6.07) is 1.75. The highest BCUT2D eigenvalue weighted by molar-refractivity contribution is 5.66. The summed E-state index contributed by atoms with van der Waals surface area (Å²) in [6.45, 7) is 2.79. The fourth-order valence-electron chi connectivity index (χ4n) is 0.275. The van der Waals surface area contributed by atoms with E-state index in [4.69, 9.17) is 5.26 Å². The SMILES string of the molecule is CC(=O)OC(C)C#N. The maximum absolute atomic E-state index is 10.0. The lowest BCUT2D eigenvalue weighted by atomic mass is 10.5. The average Bonchev–Trinajstić information content (AvgIpc) is 1.65. The highest BCUT2D eigenvalue weighted by atomic mass is 16.5. The smallest absolute Gasteiger partial charge is 0.303 e. The number of nitriles is 1. The second-order valence-corrected chi connectivity index (χ2v) is 1.38. The maximum atomic E-state index is 10.0. The van der Waals surface area contributed by atoms with E-state index in [0.717, 1.165) is 0 Å². The fraction of sp³-hybridized carbons (Fsp3) is 0.600. The Morgan fingerprint density at radius 1 is 1.88 bits per heavy atom. The lowest BCUT2D eigenvalue weighted by Gasteiger charge is -1.99. The second kappa shape index (κ2) is 3.03. The first-order valence-electron chi connectivity index (χ1n) is 2.23. The zero-order chi connectivity index (χ0) is 6.57. The second-order valence-electron chi connectivity index (χ2n) is 1.38. The molecule has 3 nitrogen and oxygen atoms in total. The van der Waals surface area contributed by atoms with E-state index in [-0.39, 0.29) is 0 Å². The van der Waals surface area contributed by atoms with Gasteiger partial charge in [-0.1, -0.05) is 0 Å². The molecule has 0 aromatic heterocycles. The van der Waals surface area contributed by atoms with Crippen LogP contribution in [0.25, 0.3) is 0 Å². The van der Waals surface area contributed by atoms with Gasteiger partial charge in [0.1, 0.15) is 6.07 Å². The molecule has 0 heterocycles. The van der Waals surface area contributed by atoms with Gasteiger partial charge in [-0.25, -0.2) is 0 Å². The van der Waals surface area contributed by atoms with Crippen LogP contribution in [0.2, 0.25) is 0 Å². The zero-order valence-corrected chi connectivity index (χ0v) is 4.84. The lowest BCUT2D eigenvalue weighted by Crippen LogP contribution is -2.08. The predicted molar refractivity (Wildman–Crippen MR) is 26.8 cm³/mol. The van der Waals surface area contributed by atoms with Gasteiger partial charge in [0.05, 0.1) is 0 Å². The minimum atomic E-state index is -0.618. The molecule has 0 aromatic carbocycles. The Labute approximate surface area is 47.9 Å². The Bertz CT molecular complexity index is 125. The van der Waals surface area contributed by atoms with Crippen molar-refractivity contribution >= 4 is 5.97 Å². The molecule has 1 atom stereocenters. The molecular formula is C5H7NO2. The predicted octanol–water partition coefficient (Wildman–Crippen LogP) is 0.462. The Morgan fingerprint density at radius 3 is 2.50 bits per heavy atom. The van der Waals surface area contributed by atoms with Gasteiger partial charge < -0.3 is 4.74 Å². The van der Waals surface area contributed by atoms with E-state index in [1.807, 2.05) is 0 Å². The molecule has 0 N–H and O–H groups in total. The molecule has 1 unspecified atom stereocenters. The van der Waals surface area contributed by atoms with Crippen molar-refractivity contribution in [1.29, 1.82) is 5.26 Å². The van der Waals surface area contributed by atoms with E-state index in [9.17, 15) is 4.79 Å². The van der Waals surface area contributed by atoms with E-state index in [0.29, 0.717) is 0 Å². The van der Waals surface area contributed by atoms with Gasteiger partial charge in [0, 0.05) is 6.92 Å². The van der Waals surface area contributed by atoms with Crippen molar-refractivity contribution in [1.82, 2.24) is 0 Å². The Kier molecular flexibility index (Phi) is 2.63. The molecule has 0 aliphatic rings. The van der Waals surface area contributed by atoms with Crippen molar-refractivity contribution in [2.24, 2.45) is 0 Å². The van der Waals surface area contributed by atoms with Crippen molar-refractivity contribution < 1.29 is 9.53 Å². The Balaban J connectivity index is 3.43. The van der Waals surface area contributed by atoms with E-state index >= 15 is 0 Å². The third-order valence-electron chi connectivity index (χ3n) is 0.525.